The number of rotatable bonds is 8. The van der Waals surface area contributed by atoms with Crippen LogP contribution in [0.5, 0.6) is 0 Å². The Morgan fingerprint density at radius 1 is 1.25 bits per heavy atom. The molecule has 7 heteroatoms. The Kier molecular flexibility index (Phi) is 8.23. The van der Waals surface area contributed by atoms with Crippen molar-refractivity contribution >= 4 is 0 Å². The molecule has 1 fully saturated rings. The molecule has 1 aliphatic rings. The van der Waals surface area contributed by atoms with Crippen molar-refractivity contribution in [3.8, 4) is 0 Å². The molecule has 2 heterocycles. The normalized spacial score (nSPS) is 21.5. The second kappa shape index (κ2) is 9.99. The zero-order chi connectivity index (χ0) is 19.3. The molecule has 1 unspecified atom stereocenters. The van der Waals surface area contributed by atoms with Crippen LogP contribution in [0.1, 0.15) is 31.5 Å². The average Bonchev–Trinajstić information content (AvgIpc) is 3.06. The summed E-state index contributed by atoms with van der Waals surface area (Å²) in [7, 11) is 1.42. The summed E-state index contributed by atoms with van der Waals surface area (Å²) >= 11 is 0. The van der Waals surface area contributed by atoms with Crippen LogP contribution in [0.2, 0.25) is 0 Å². The average molecular weight is 378 g/mol. The molecule has 1 aliphatic heterocycles. The van der Waals surface area contributed by atoms with E-state index in [1.165, 1.54) is 7.11 Å². The third-order valence-electron chi connectivity index (χ3n) is 4.76. The minimum Gasteiger partial charge on any atom is -0.824 e. The van der Waals surface area contributed by atoms with Crippen LogP contribution < -0.4 is 29.3 Å². The number of aromatic nitrogens is 1. The molecule has 6 nitrogen and oxygen atoms in total. The van der Waals surface area contributed by atoms with Crippen LogP contribution in [0.4, 0.5) is 0 Å². The first kappa shape index (κ1) is 23.1. The van der Waals surface area contributed by atoms with Crippen molar-refractivity contribution < 1.29 is 38.2 Å². The van der Waals surface area contributed by atoms with Crippen molar-refractivity contribution in [2.75, 3.05) is 13.7 Å². The largest absolute Gasteiger partial charge is 1.00 e. The topological polar surface area (TPSA) is 75.7 Å². The van der Waals surface area contributed by atoms with Crippen molar-refractivity contribution in [2.24, 2.45) is 0 Å². The Bertz CT molecular complexity index is 717. The van der Waals surface area contributed by atoms with Gasteiger partial charge in [-0.15, -0.1) is 0 Å². The maximum atomic E-state index is 13.4. The van der Waals surface area contributed by atoms with E-state index in [1.807, 2.05) is 44.2 Å². The van der Waals surface area contributed by atoms with Gasteiger partial charge in [0.25, 0.3) is 0 Å². The smallest absolute Gasteiger partial charge is 0.824 e. The summed E-state index contributed by atoms with van der Waals surface area (Å²) in [6.07, 6.45) is 1.51. The second-order valence-electron chi connectivity index (χ2n) is 7.22. The number of pyridine rings is 1. The molecule has 0 radical (unpaired) electrons. The minimum absolute atomic E-state index is 0. The maximum absolute atomic E-state index is 13.4. The van der Waals surface area contributed by atoms with Crippen molar-refractivity contribution in [1.82, 2.24) is 10.3 Å². The summed E-state index contributed by atoms with van der Waals surface area (Å²) in [5.74, 6) is -2.44. The Hall–Kier alpha value is -1.23. The van der Waals surface area contributed by atoms with Gasteiger partial charge in [-0.3, -0.25) is 4.98 Å². The number of hydrogen-bond acceptors (Lipinski definition) is 6. The number of nitrogens with zero attached hydrogens (tertiary/aromatic N) is 1. The van der Waals surface area contributed by atoms with E-state index in [-0.39, 0.29) is 37.4 Å². The van der Waals surface area contributed by atoms with Gasteiger partial charge in [-0.1, -0.05) is 36.4 Å². The van der Waals surface area contributed by atoms with Gasteiger partial charge in [0.15, 0.2) is 5.79 Å². The van der Waals surface area contributed by atoms with Crippen molar-refractivity contribution in [3.05, 3.63) is 66.0 Å². The van der Waals surface area contributed by atoms with Gasteiger partial charge < -0.3 is 24.6 Å². The van der Waals surface area contributed by atoms with Crippen LogP contribution in [-0.2, 0) is 26.5 Å². The van der Waals surface area contributed by atoms with Gasteiger partial charge in [-0.05, 0) is 38.0 Å². The first-order valence-corrected chi connectivity index (χ1v) is 9.18. The Morgan fingerprint density at radius 2 is 1.96 bits per heavy atom. The first-order chi connectivity index (χ1) is 12.9. The molecule has 0 aliphatic carbocycles. The number of ether oxygens (including phenoxy) is 3. The Balaban J connectivity index is 0.00000280. The van der Waals surface area contributed by atoms with E-state index < -0.39 is 11.6 Å². The number of benzene rings is 1. The van der Waals surface area contributed by atoms with Crippen LogP contribution in [0.25, 0.3) is 0 Å². The van der Waals surface area contributed by atoms with E-state index in [1.54, 1.807) is 24.4 Å². The summed E-state index contributed by atoms with van der Waals surface area (Å²) < 4.78 is 17.1. The van der Waals surface area contributed by atoms with Gasteiger partial charge in [0.2, 0.25) is 0 Å². The van der Waals surface area contributed by atoms with Crippen LogP contribution in [-0.4, -0.2) is 36.6 Å². The van der Waals surface area contributed by atoms with Crippen LogP contribution >= 0.6 is 0 Å². The van der Waals surface area contributed by atoms with Gasteiger partial charge >= 0.3 is 18.9 Å². The molecule has 1 saturated heterocycles. The summed E-state index contributed by atoms with van der Waals surface area (Å²) in [6.45, 7) is 4.79. The van der Waals surface area contributed by atoms with Crippen LogP contribution in [0.3, 0.4) is 0 Å². The molecule has 0 saturated carbocycles. The predicted molar refractivity (Wildman–Crippen MR) is 99.5 cm³/mol. The van der Waals surface area contributed by atoms with Gasteiger partial charge in [0, 0.05) is 31.7 Å². The fourth-order valence-electron chi connectivity index (χ4n) is 3.26. The number of hydrogen-bond donors (Lipinski definition) is 1. The summed E-state index contributed by atoms with van der Waals surface area (Å²) in [5.41, 5.74) is 1.49. The zero-order valence-electron chi connectivity index (χ0n) is 17.1. The Morgan fingerprint density at radius 3 is 2.54 bits per heavy atom. The predicted octanol–water partition coefficient (Wildman–Crippen LogP) is -1.05. The molecule has 1 N–H and O–H groups in total. The molecule has 2 aromatic rings. The fraction of sp³-hybridized carbons (Fsp3) is 0.476. The molecular weight excluding hydrogens is 351 g/mol. The van der Waals surface area contributed by atoms with Crippen molar-refractivity contribution in [2.45, 2.75) is 50.5 Å². The first-order valence-electron chi connectivity index (χ1n) is 9.18. The quantitative estimate of drug-likeness (QED) is 0.467. The van der Waals surface area contributed by atoms with E-state index >= 15 is 0 Å². The third-order valence-corrected chi connectivity index (χ3v) is 4.76. The monoisotopic (exact) mass is 378 g/mol. The van der Waals surface area contributed by atoms with E-state index in [2.05, 4.69) is 10.3 Å². The molecule has 0 amide bonds. The van der Waals surface area contributed by atoms with Gasteiger partial charge in [-0.2, -0.15) is 0 Å². The van der Waals surface area contributed by atoms with E-state index in [0.29, 0.717) is 18.8 Å². The van der Waals surface area contributed by atoms with Crippen LogP contribution in [0.15, 0.2) is 54.7 Å². The fourth-order valence-corrected chi connectivity index (χ4v) is 3.26. The Labute approximate surface area is 178 Å². The van der Waals surface area contributed by atoms with Crippen molar-refractivity contribution in [3.63, 3.8) is 0 Å². The van der Waals surface area contributed by atoms with Crippen molar-refractivity contribution in [1.29, 1.82) is 0 Å². The zero-order valence-corrected chi connectivity index (χ0v) is 17.1. The minimum atomic E-state index is -1.77. The molecule has 0 spiro atoms. The van der Waals surface area contributed by atoms with E-state index in [9.17, 15) is 5.11 Å². The standard InChI is InChI=1S/C21H27N2O4.Li/c1-20(2)26-15-18(27-20)17(23-14-16-9-5-4-6-10-16)13-21(24,25-3)19-11-7-8-12-22-19;/h4-12,17-18,23H,13-15H2,1-3H3;/q-1;+1/t17-,18-,21?;/m1./s1. The van der Waals surface area contributed by atoms with Crippen LogP contribution in [0, 0.1) is 0 Å². The molecule has 1 aromatic carbocycles. The maximum Gasteiger partial charge on any atom is 1.00 e. The molecule has 146 valence electrons. The summed E-state index contributed by atoms with van der Waals surface area (Å²) in [6, 6.07) is 15.0. The van der Waals surface area contributed by atoms with Gasteiger partial charge in [0.05, 0.1) is 18.4 Å². The molecule has 1 aromatic heterocycles. The molecule has 3 atom stereocenters. The van der Waals surface area contributed by atoms with Gasteiger partial charge in [-0.25, -0.2) is 0 Å². The SMILES string of the molecule is COC([O-])(C[C@@H](NCc1ccccc1)[C@H]1COC(C)(C)O1)c1ccccn1.[Li+]. The number of nitrogens with one attached hydrogen (secondary N) is 1. The van der Waals surface area contributed by atoms with E-state index in [0.717, 1.165) is 5.56 Å². The third kappa shape index (κ3) is 5.88. The van der Waals surface area contributed by atoms with E-state index in [4.69, 9.17) is 14.2 Å². The number of methoxy groups -OCH3 is 1. The molecule has 0 bridgehead atoms. The summed E-state index contributed by atoms with van der Waals surface area (Å²) in [5, 5.41) is 16.9. The molecular formula is C21H27LiN2O4. The second-order valence-corrected chi connectivity index (χ2v) is 7.22. The van der Waals surface area contributed by atoms with Gasteiger partial charge in [0.1, 0.15) is 0 Å². The molecule has 28 heavy (non-hydrogen) atoms. The summed E-state index contributed by atoms with van der Waals surface area (Å²) in [4.78, 5) is 4.21. The molecule has 3 rings (SSSR count).